The topological polar surface area (TPSA) is 18.5 Å². The lowest BCUT2D eigenvalue weighted by molar-refractivity contribution is -0.106. The minimum absolute atomic E-state index is 0.0775. The van der Waals surface area contributed by atoms with Crippen molar-refractivity contribution in [3.05, 3.63) is 27.7 Å². The molecule has 1 aliphatic rings. The summed E-state index contributed by atoms with van der Waals surface area (Å²) in [6, 6.07) is 4.19. The average molecular weight is 285 g/mol. The predicted octanol–water partition coefficient (Wildman–Crippen LogP) is 3.97. The highest BCUT2D eigenvalue weighted by Gasteiger charge is 2.17. The van der Waals surface area contributed by atoms with Crippen LogP contribution in [0.3, 0.4) is 0 Å². The summed E-state index contributed by atoms with van der Waals surface area (Å²) in [6.07, 6.45) is 3.24. The molecule has 1 unspecified atom stereocenters. The Kier molecular flexibility index (Phi) is 3.87. The third kappa shape index (κ3) is 2.77. The van der Waals surface area contributed by atoms with Crippen LogP contribution in [0.15, 0.2) is 16.6 Å². The Morgan fingerprint density at radius 2 is 2.12 bits per heavy atom. The molecule has 16 heavy (non-hydrogen) atoms. The number of rotatable bonds is 2. The molecule has 3 heteroatoms. The summed E-state index contributed by atoms with van der Waals surface area (Å²) in [6.45, 7) is 4.97. The molecule has 0 spiro atoms. The van der Waals surface area contributed by atoms with Gasteiger partial charge in [-0.3, -0.25) is 0 Å². The summed E-state index contributed by atoms with van der Waals surface area (Å²) in [5, 5.41) is 0. The zero-order valence-corrected chi connectivity index (χ0v) is 11.3. The maximum atomic E-state index is 5.88. The largest absolute Gasteiger partial charge is 0.464 e. The zero-order valence-electron chi connectivity index (χ0n) is 9.75. The lowest BCUT2D eigenvalue weighted by Crippen LogP contribution is -2.25. The highest BCUT2D eigenvalue weighted by Crippen LogP contribution is 2.31. The van der Waals surface area contributed by atoms with E-state index < -0.39 is 0 Å². The Hall–Kier alpha value is -0.540. The minimum Gasteiger partial charge on any atom is -0.464 e. The van der Waals surface area contributed by atoms with Crippen LogP contribution in [0.1, 0.15) is 30.4 Å². The molecule has 0 saturated carbocycles. The van der Waals surface area contributed by atoms with E-state index in [4.69, 9.17) is 9.47 Å². The van der Waals surface area contributed by atoms with E-state index in [2.05, 4.69) is 41.9 Å². The Bertz CT molecular complexity index is 370. The molecule has 2 nitrogen and oxygen atoms in total. The molecule has 1 heterocycles. The van der Waals surface area contributed by atoms with Gasteiger partial charge in [-0.2, -0.15) is 0 Å². The van der Waals surface area contributed by atoms with Gasteiger partial charge in [0.15, 0.2) is 6.29 Å². The summed E-state index contributed by atoms with van der Waals surface area (Å²) in [5.41, 5.74) is 2.41. The van der Waals surface area contributed by atoms with Crippen molar-refractivity contribution < 1.29 is 9.47 Å². The van der Waals surface area contributed by atoms with Crippen LogP contribution in [0.4, 0.5) is 0 Å². The molecule has 0 amide bonds. The van der Waals surface area contributed by atoms with Crippen molar-refractivity contribution in [3.63, 3.8) is 0 Å². The molecule has 1 aliphatic heterocycles. The molecule has 1 fully saturated rings. The van der Waals surface area contributed by atoms with Crippen LogP contribution in [-0.2, 0) is 4.74 Å². The maximum absolute atomic E-state index is 5.88. The molecule has 1 aromatic carbocycles. The van der Waals surface area contributed by atoms with Crippen molar-refractivity contribution in [2.24, 2.45) is 0 Å². The van der Waals surface area contributed by atoms with Crippen LogP contribution >= 0.6 is 15.9 Å². The van der Waals surface area contributed by atoms with Gasteiger partial charge in [0.05, 0.1) is 11.1 Å². The van der Waals surface area contributed by atoms with E-state index in [1.165, 1.54) is 17.5 Å². The minimum atomic E-state index is -0.0775. The van der Waals surface area contributed by atoms with Gasteiger partial charge in [-0.25, -0.2) is 0 Å². The van der Waals surface area contributed by atoms with Crippen LogP contribution in [0.5, 0.6) is 5.75 Å². The first kappa shape index (κ1) is 11.9. The Labute approximate surface area is 105 Å². The van der Waals surface area contributed by atoms with E-state index >= 15 is 0 Å². The first-order valence-corrected chi connectivity index (χ1v) is 6.51. The van der Waals surface area contributed by atoms with Crippen molar-refractivity contribution in [2.75, 3.05) is 6.61 Å². The standard InChI is InChI=1S/C13H17BrO2/c1-9-7-10(2)13(14)11(8-9)16-12-5-3-4-6-15-12/h7-8,12H,3-6H2,1-2H3. The van der Waals surface area contributed by atoms with E-state index in [-0.39, 0.29) is 6.29 Å². The smallest absolute Gasteiger partial charge is 0.199 e. The fourth-order valence-corrected chi connectivity index (χ4v) is 2.26. The highest BCUT2D eigenvalue weighted by molar-refractivity contribution is 9.10. The molecule has 2 rings (SSSR count). The van der Waals surface area contributed by atoms with E-state index in [9.17, 15) is 0 Å². The monoisotopic (exact) mass is 284 g/mol. The number of benzene rings is 1. The highest BCUT2D eigenvalue weighted by atomic mass is 79.9. The number of hydrogen-bond donors (Lipinski definition) is 0. The van der Waals surface area contributed by atoms with Crippen molar-refractivity contribution in [3.8, 4) is 5.75 Å². The normalized spacial score (nSPS) is 20.8. The molecule has 0 radical (unpaired) electrons. The maximum Gasteiger partial charge on any atom is 0.199 e. The van der Waals surface area contributed by atoms with Gasteiger partial charge in [0.2, 0.25) is 0 Å². The fraction of sp³-hybridized carbons (Fsp3) is 0.538. The molecule has 1 aromatic rings. The van der Waals surface area contributed by atoms with Crippen molar-refractivity contribution >= 4 is 15.9 Å². The SMILES string of the molecule is Cc1cc(C)c(Br)c(OC2CCCCO2)c1. The molecule has 1 atom stereocenters. The van der Waals surface area contributed by atoms with Crippen LogP contribution in [0.2, 0.25) is 0 Å². The van der Waals surface area contributed by atoms with Crippen LogP contribution in [0, 0.1) is 13.8 Å². The van der Waals surface area contributed by atoms with Gasteiger partial charge in [-0.05, 0) is 59.8 Å². The average Bonchev–Trinajstić information content (AvgIpc) is 2.27. The summed E-state index contributed by atoms with van der Waals surface area (Å²) in [5.74, 6) is 0.893. The van der Waals surface area contributed by atoms with Crippen molar-refractivity contribution in [1.29, 1.82) is 0 Å². The lowest BCUT2D eigenvalue weighted by atomic mass is 10.1. The number of halogens is 1. The van der Waals surface area contributed by atoms with Crippen LogP contribution in [0.25, 0.3) is 0 Å². The molecular formula is C13H17BrO2. The van der Waals surface area contributed by atoms with Gasteiger partial charge >= 0.3 is 0 Å². The first-order chi connectivity index (χ1) is 7.66. The molecule has 0 N–H and O–H groups in total. The zero-order chi connectivity index (χ0) is 11.5. The van der Waals surface area contributed by atoms with E-state index in [0.29, 0.717) is 0 Å². The third-order valence-electron chi connectivity index (χ3n) is 2.76. The summed E-state index contributed by atoms with van der Waals surface area (Å²) < 4.78 is 12.5. The van der Waals surface area contributed by atoms with E-state index in [1.807, 2.05) is 0 Å². The van der Waals surface area contributed by atoms with Crippen LogP contribution in [-0.4, -0.2) is 12.9 Å². The molecule has 1 saturated heterocycles. The second-order valence-electron chi connectivity index (χ2n) is 4.31. The fourth-order valence-electron chi connectivity index (χ4n) is 1.94. The predicted molar refractivity (Wildman–Crippen MR) is 67.8 cm³/mol. The second-order valence-corrected chi connectivity index (χ2v) is 5.10. The number of ether oxygens (including phenoxy) is 2. The second kappa shape index (κ2) is 5.19. The molecular weight excluding hydrogens is 268 g/mol. The van der Waals surface area contributed by atoms with Crippen molar-refractivity contribution in [1.82, 2.24) is 0 Å². The van der Waals surface area contributed by atoms with Crippen LogP contribution < -0.4 is 4.74 Å². The molecule has 0 aliphatic carbocycles. The van der Waals surface area contributed by atoms with Gasteiger partial charge in [0, 0.05) is 6.42 Å². The quantitative estimate of drug-likeness (QED) is 0.818. The Morgan fingerprint density at radius 1 is 1.31 bits per heavy atom. The van der Waals surface area contributed by atoms with Crippen molar-refractivity contribution in [2.45, 2.75) is 39.4 Å². The number of aryl methyl sites for hydroxylation is 2. The molecule has 0 aromatic heterocycles. The Balaban J connectivity index is 2.13. The number of hydrogen-bond acceptors (Lipinski definition) is 2. The van der Waals surface area contributed by atoms with Gasteiger partial charge in [-0.15, -0.1) is 0 Å². The third-order valence-corrected chi connectivity index (χ3v) is 3.78. The molecule has 88 valence electrons. The van der Waals surface area contributed by atoms with Gasteiger partial charge in [0.25, 0.3) is 0 Å². The van der Waals surface area contributed by atoms with Gasteiger partial charge in [-0.1, -0.05) is 6.07 Å². The first-order valence-electron chi connectivity index (χ1n) is 5.72. The van der Waals surface area contributed by atoms with Gasteiger partial charge < -0.3 is 9.47 Å². The van der Waals surface area contributed by atoms with E-state index in [1.54, 1.807) is 0 Å². The Morgan fingerprint density at radius 3 is 2.81 bits per heavy atom. The summed E-state index contributed by atoms with van der Waals surface area (Å²) in [7, 11) is 0. The summed E-state index contributed by atoms with van der Waals surface area (Å²) in [4.78, 5) is 0. The van der Waals surface area contributed by atoms with E-state index in [0.717, 1.165) is 29.7 Å². The van der Waals surface area contributed by atoms with Gasteiger partial charge in [0.1, 0.15) is 5.75 Å². The molecule has 0 bridgehead atoms. The summed E-state index contributed by atoms with van der Waals surface area (Å²) >= 11 is 3.56. The lowest BCUT2D eigenvalue weighted by Gasteiger charge is -2.24.